The maximum absolute atomic E-state index is 13.5. The van der Waals surface area contributed by atoms with E-state index >= 15 is 0 Å². The minimum atomic E-state index is -0.544. The van der Waals surface area contributed by atoms with Crippen LogP contribution < -0.4 is 15.0 Å². The van der Waals surface area contributed by atoms with Gasteiger partial charge in [-0.1, -0.05) is 0 Å². The van der Waals surface area contributed by atoms with Gasteiger partial charge in [-0.2, -0.15) is 10.1 Å². The molecule has 1 fully saturated rings. The molecule has 1 saturated heterocycles. The summed E-state index contributed by atoms with van der Waals surface area (Å²) in [6.07, 6.45) is 5.16. The van der Waals surface area contributed by atoms with E-state index in [4.69, 9.17) is 19.3 Å². The van der Waals surface area contributed by atoms with Gasteiger partial charge in [-0.15, -0.1) is 0 Å². The number of carbonyl (C=O) groups excluding carboxylic acids is 2. The fourth-order valence-electron chi connectivity index (χ4n) is 4.83. The van der Waals surface area contributed by atoms with Gasteiger partial charge in [0.1, 0.15) is 11.1 Å². The zero-order valence-corrected chi connectivity index (χ0v) is 24.3. The average Bonchev–Trinajstić information content (AvgIpc) is 3.52. The summed E-state index contributed by atoms with van der Waals surface area (Å²) >= 11 is 0. The molecule has 1 aromatic carbocycles. The monoisotopic (exact) mass is 564 g/mol. The summed E-state index contributed by atoms with van der Waals surface area (Å²) in [6, 6.07) is 3.71. The third-order valence-electron chi connectivity index (χ3n) is 6.70. The number of rotatable bonds is 7. The summed E-state index contributed by atoms with van der Waals surface area (Å²) in [5.41, 5.74) is 2.75. The smallest absolute Gasteiger partial charge is 0.410 e. The molecule has 1 aliphatic heterocycles. The number of nitrogens with one attached hydrogen (secondary N) is 1. The van der Waals surface area contributed by atoms with Gasteiger partial charge in [-0.3, -0.25) is 13.9 Å². The SMILES string of the molecule is COCCn1cc2c(N3CCN(C(=O)OC(C)(C)C)CC3)ccc(C(=O)Nc3cn4cc(C)nc4c(OC)n3)c2n1. The van der Waals surface area contributed by atoms with Gasteiger partial charge in [-0.05, 0) is 39.8 Å². The summed E-state index contributed by atoms with van der Waals surface area (Å²) < 4.78 is 19.7. The van der Waals surface area contributed by atoms with E-state index in [1.807, 2.05) is 46.2 Å². The van der Waals surface area contributed by atoms with Crippen molar-refractivity contribution in [2.45, 2.75) is 39.8 Å². The van der Waals surface area contributed by atoms with Crippen molar-refractivity contribution in [3.05, 3.63) is 42.0 Å². The Hall–Kier alpha value is -4.39. The van der Waals surface area contributed by atoms with E-state index in [1.165, 1.54) is 7.11 Å². The van der Waals surface area contributed by atoms with E-state index in [0.29, 0.717) is 67.8 Å². The summed E-state index contributed by atoms with van der Waals surface area (Å²) in [5, 5.41) is 8.47. The topological polar surface area (TPSA) is 128 Å². The molecule has 0 radical (unpaired) electrons. The highest BCUT2D eigenvalue weighted by molar-refractivity contribution is 6.13. The van der Waals surface area contributed by atoms with Gasteiger partial charge in [0, 0.05) is 56.8 Å². The summed E-state index contributed by atoms with van der Waals surface area (Å²) in [7, 11) is 3.15. The Labute approximate surface area is 238 Å². The Kier molecular flexibility index (Phi) is 7.72. The number of aryl methyl sites for hydroxylation is 1. The Morgan fingerprint density at radius 1 is 1.02 bits per heavy atom. The van der Waals surface area contributed by atoms with Crippen LogP contribution in [0.3, 0.4) is 0 Å². The fourth-order valence-corrected chi connectivity index (χ4v) is 4.83. The molecule has 0 unspecified atom stereocenters. The predicted molar refractivity (Wildman–Crippen MR) is 154 cm³/mol. The van der Waals surface area contributed by atoms with Crippen molar-refractivity contribution in [1.82, 2.24) is 29.0 Å². The number of methoxy groups -OCH3 is 2. The second kappa shape index (κ2) is 11.2. The molecular formula is C28H36N8O5. The van der Waals surface area contributed by atoms with Gasteiger partial charge in [-0.25, -0.2) is 9.78 Å². The van der Waals surface area contributed by atoms with Gasteiger partial charge in [0.2, 0.25) is 5.65 Å². The molecule has 0 atom stereocenters. The van der Waals surface area contributed by atoms with E-state index in [2.05, 4.69) is 20.2 Å². The fraction of sp³-hybridized carbons (Fsp3) is 0.464. The number of benzene rings is 1. The molecule has 1 N–H and O–H groups in total. The zero-order valence-electron chi connectivity index (χ0n) is 24.3. The molecule has 13 heteroatoms. The summed E-state index contributed by atoms with van der Waals surface area (Å²) in [6.45, 7) is 10.8. The molecular weight excluding hydrogens is 528 g/mol. The van der Waals surface area contributed by atoms with Crippen molar-refractivity contribution in [2.75, 3.05) is 57.2 Å². The van der Waals surface area contributed by atoms with Crippen LogP contribution in [0, 0.1) is 6.92 Å². The first-order valence-corrected chi connectivity index (χ1v) is 13.5. The van der Waals surface area contributed by atoms with Gasteiger partial charge in [0.25, 0.3) is 11.8 Å². The number of aromatic nitrogens is 5. The molecule has 218 valence electrons. The maximum Gasteiger partial charge on any atom is 0.410 e. The van der Waals surface area contributed by atoms with Gasteiger partial charge in [0.15, 0.2) is 5.82 Å². The molecule has 0 aliphatic carbocycles. The number of amides is 2. The second-order valence-electron chi connectivity index (χ2n) is 10.9. The molecule has 0 saturated carbocycles. The van der Waals surface area contributed by atoms with Crippen LogP contribution in [0.1, 0.15) is 36.8 Å². The standard InChI is InChI=1S/C28H36N8O5/c1-18-15-35-17-22(31-26(40-6)24(35)29-18)30-25(37)19-7-8-21(20-16-36(13-14-39-5)32-23(19)20)33-9-11-34(12-10-33)27(38)41-28(2,3)4/h7-8,15-17H,9-14H2,1-6H3,(H,30,37). The molecule has 0 spiro atoms. The largest absolute Gasteiger partial charge is 0.478 e. The average molecular weight is 565 g/mol. The summed E-state index contributed by atoms with van der Waals surface area (Å²) in [5.74, 6) is 0.288. The maximum atomic E-state index is 13.5. The van der Waals surface area contributed by atoms with Crippen molar-refractivity contribution >= 4 is 40.1 Å². The van der Waals surface area contributed by atoms with Gasteiger partial charge >= 0.3 is 6.09 Å². The Balaban J connectivity index is 1.42. The number of hydrogen-bond donors (Lipinski definition) is 1. The van der Waals surface area contributed by atoms with Crippen molar-refractivity contribution < 1.29 is 23.8 Å². The lowest BCUT2D eigenvalue weighted by atomic mass is 10.1. The van der Waals surface area contributed by atoms with E-state index in [9.17, 15) is 9.59 Å². The van der Waals surface area contributed by atoms with Gasteiger partial charge < -0.3 is 29.3 Å². The number of carbonyl (C=O) groups is 2. The Morgan fingerprint density at radius 2 is 1.78 bits per heavy atom. The number of nitrogens with zero attached hydrogens (tertiary/aromatic N) is 7. The number of anilines is 2. The number of fused-ring (bicyclic) bond motifs is 2. The summed E-state index contributed by atoms with van der Waals surface area (Å²) in [4.78, 5) is 38.9. The molecule has 0 bridgehead atoms. The van der Waals surface area contributed by atoms with Crippen LogP contribution >= 0.6 is 0 Å². The van der Waals surface area contributed by atoms with Crippen molar-refractivity contribution in [3.63, 3.8) is 0 Å². The lowest BCUT2D eigenvalue weighted by Gasteiger charge is -2.37. The molecule has 4 aromatic rings. The van der Waals surface area contributed by atoms with Crippen LogP contribution in [0.2, 0.25) is 0 Å². The zero-order chi connectivity index (χ0) is 29.3. The lowest BCUT2D eigenvalue weighted by molar-refractivity contribution is 0.0240. The number of hydrogen-bond acceptors (Lipinski definition) is 9. The second-order valence-corrected chi connectivity index (χ2v) is 10.9. The van der Waals surface area contributed by atoms with E-state index < -0.39 is 5.60 Å². The van der Waals surface area contributed by atoms with Gasteiger partial charge in [0.05, 0.1) is 37.7 Å². The first-order valence-electron chi connectivity index (χ1n) is 13.5. The van der Waals surface area contributed by atoms with Crippen molar-refractivity contribution in [1.29, 1.82) is 0 Å². The third kappa shape index (κ3) is 6.04. The molecule has 2 amide bonds. The quantitative estimate of drug-likeness (QED) is 0.359. The van der Waals surface area contributed by atoms with E-state index in [0.717, 1.165) is 16.8 Å². The van der Waals surface area contributed by atoms with Crippen LogP contribution in [0.5, 0.6) is 5.88 Å². The number of ether oxygens (including phenoxy) is 3. The highest BCUT2D eigenvalue weighted by atomic mass is 16.6. The molecule has 3 aromatic heterocycles. The Morgan fingerprint density at radius 3 is 2.46 bits per heavy atom. The lowest BCUT2D eigenvalue weighted by Crippen LogP contribution is -2.50. The molecule has 41 heavy (non-hydrogen) atoms. The molecule has 13 nitrogen and oxygen atoms in total. The van der Waals surface area contributed by atoms with Crippen LogP contribution in [-0.2, 0) is 16.0 Å². The number of piperazine rings is 1. The van der Waals surface area contributed by atoms with E-state index in [-0.39, 0.29) is 12.0 Å². The van der Waals surface area contributed by atoms with E-state index in [1.54, 1.807) is 33.4 Å². The minimum absolute atomic E-state index is 0.309. The Bertz CT molecular complexity index is 1580. The number of imidazole rings is 1. The van der Waals surface area contributed by atoms with Crippen LogP contribution in [0.15, 0.2) is 30.7 Å². The van der Waals surface area contributed by atoms with Crippen LogP contribution in [-0.4, -0.2) is 93.7 Å². The first-order chi connectivity index (χ1) is 19.6. The third-order valence-corrected chi connectivity index (χ3v) is 6.70. The first kappa shape index (κ1) is 28.1. The molecule has 4 heterocycles. The normalized spacial score (nSPS) is 14.1. The van der Waals surface area contributed by atoms with Crippen LogP contribution in [0.25, 0.3) is 16.6 Å². The molecule has 1 aliphatic rings. The minimum Gasteiger partial charge on any atom is -0.478 e. The predicted octanol–water partition coefficient (Wildman–Crippen LogP) is 3.35. The van der Waals surface area contributed by atoms with Crippen LogP contribution in [0.4, 0.5) is 16.3 Å². The highest BCUT2D eigenvalue weighted by Gasteiger charge is 2.28. The van der Waals surface area contributed by atoms with Crippen molar-refractivity contribution in [2.24, 2.45) is 0 Å². The highest BCUT2D eigenvalue weighted by Crippen LogP contribution is 2.31. The molecule has 5 rings (SSSR count). The van der Waals surface area contributed by atoms with Crippen molar-refractivity contribution in [3.8, 4) is 5.88 Å².